The molecule has 2 N–H and O–H groups in total. The van der Waals surface area contributed by atoms with Crippen molar-refractivity contribution in [2.45, 2.75) is 16.9 Å². The van der Waals surface area contributed by atoms with Crippen molar-refractivity contribution in [3.05, 3.63) is 118 Å². The van der Waals surface area contributed by atoms with Crippen molar-refractivity contribution in [3.8, 4) is 6.07 Å². The minimum atomic E-state index is -4.33. The number of rotatable bonds is 6. The van der Waals surface area contributed by atoms with Gasteiger partial charge in [-0.15, -0.1) is 0 Å². The van der Waals surface area contributed by atoms with Crippen LogP contribution in [0.15, 0.2) is 101 Å². The number of hydrogen-bond acceptors (Lipinski definition) is 7. The Labute approximate surface area is 195 Å². The first-order valence-corrected chi connectivity index (χ1v) is 11.5. The number of hydrogen-bond donors (Lipinski definition) is 1. The number of nitrogens with zero attached hydrogens (tertiary/aromatic N) is 3. The highest BCUT2D eigenvalue weighted by molar-refractivity contribution is 7.89. The summed E-state index contributed by atoms with van der Waals surface area (Å²) in [6.45, 7) is 0. The second-order valence-corrected chi connectivity index (χ2v) is 9.34. The van der Waals surface area contributed by atoms with E-state index in [4.69, 9.17) is 5.73 Å². The number of carbonyl (C=O) groups excluding carboxylic acids is 1. The summed E-state index contributed by atoms with van der Waals surface area (Å²) in [4.78, 5) is 24.1. The molecular weight excluding hydrogens is 456 g/mol. The van der Waals surface area contributed by atoms with Crippen molar-refractivity contribution >= 4 is 21.5 Å². The zero-order valence-corrected chi connectivity index (χ0v) is 18.4. The lowest BCUT2D eigenvalue weighted by Crippen LogP contribution is -2.45. The molecule has 0 aromatic heterocycles. The fraction of sp³-hybridized carbons (Fsp3) is 0.0833. The lowest BCUT2D eigenvalue weighted by Gasteiger charge is -2.29. The van der Waals surface area contributed by atoms with Crippen molar-refractivity contribution < 1.29 is 18.1 Å². The van der Waals surface area contributed by atoms with Crippen LogP contribution in [0, 0.1) is 21.4 Å². The van der Waals surface area contributed by atoms with E-state index in [1.807, 2.05) is 6.07 Å². The SMILES string of the molecule is N#CC1=C(N)N(S(=O)(=O)c2ccccc2)[C@H](C(=O)c2ccccc2)[C@@H]1c1ccc([N+](=O)[O-])cc1. The smallest absolute Gasteiger partial charge is 0.269 e. The van der Waals surface area contributed by atoms with Gasteiger partial charge in [0, 0.05) is 17.7 Å². The zero-order chi connectivity index (χ0) is 24.5. The predicted octanol–water partition coefficient (Wildman–Crippen LogP) is 3.33. The molecular formula is C24H18N4O5S. The van der Waals surface area contributed by atoms with E-state index in [2.05, 4.69) is 0 Å². The molecule has 4 rings (SSSR count). The molecule has 0 radical (unpaired) electrons. The van der Waals surface area contributed by atoms with Gasteiger partial charge in [0.15, 0.2) is 5.78 Å². The number of sulfonamides is 1. The number of non-ortho nitro benzene ring substituents is 1. The van der Waals surface area contributed by atoms with Crippen molar-refractivity contribution in [1.82, 2.24) is 4.31 Å². The van der Waals surface area contributed by atoms with Gasteiger partial charge in [-0.25, -0.2) is 12.7 Å². The van der Waals surface area contributed by atoms with Crippen LogP contribution in [0.2, 0.25) is 0 Å². The summed E-state index contributed by atoms with van der Waals surface area (Å²) in [5.41, 5.74) is 6.51. The van der Waals surface area contributed by atoms with Crippen molar-refractivity contribution in [2.75, 3.05) is 0 Å². The fourth-order valence-corrected chi connectivity index (χ4v) is 5.62. The molecule has 0 amide bonds. The number of nitro groups is 1. The highest BCUT2D eigenvalue weighted by Gasteiger charge is 2.50. The van der Waals surface area contributed by atoms with Gasteiger partial charge in [-0.1, -0.05) is 60.7 Å². The number of benzene rings is 3. The molecule has 0 unspecified atom stereocenters. The number of Topliss-reactive ketones (excluding diaryl/α,β-unsaturated/α-hetero) is 1. The second-order valence-electron chi connectivity index (χ2n) is 7.53. The third-order valence-corrected chi connectivity index (χ3v) is 7.41. The first-order chi connectivity index (χ1) is 16.3. The molecule has 1 aliphatic heterocycles. The first kappa shape index (κ1) is 22.7. The second kappa shape index (κ2) is 8.80. The third kappa shape index (κ3) is 3.78. The molecule has 3 aromatic carbocycles. The summed E-state index contributed by atoms with van der Waals surface area (Å²) in [6, 6.07) is 21.4. The Kier molecular flexibility index (Phi) is 5.88. The summed E-state index contributed by atoms with van der Waals surface area (Å²) in [6.07, 6.45) is 0. The van der Waals surface area contributed by atoms with Crippen LogP contribution in [-0.4, -0.2) is 29.5 Å². The third-order valence-electron chi connectivity index (χ3n) is 5.60. The minimum Gasteiger partial charge on any atom is -0.384 e. The highest BCUT2D eigenvalue weighted by Crippen LogP contribution is 2.43. The molecule has 2 atom stereocenters. The molecule has 1 aliphatic rings. The monoisotopic (exact) mass is 474 g/mol. The van der Waals surface area contributed by atoms with Crippen LogP contribution in [0.1, 0.15) is 21.8 Å². The van der Waals surface area contributed by atoms with E-state index in [0.29, 0.717) is 5.56 Å². The normalized spacial score (nSPS) is 17.9. The van der Waals surface area contributed by atoms with E-state index < -0.39 is 32.7 Å². The van der Waals surface area contributed by atoms with Gasteiger partial charge in [-0.3, -0.25) is 14.9 Å². The van der Waals surface area contributed by atoms with E-state index >= 15 is 0 Å². The van der Waals surface area contributed by atoms with Gasteiger partial charge in [0.2, 0.25) is 0 Å². The van der Waals surface area contributed by atoms with Gasteiger partial charge in [0.05, 0.1) is 27.4 Å². The van der Waals surface area contributed by atoms with Crippen LogP contribution in [-0.2, 0) is 10.0 Å². The predicted molar refractivity (Wildman–Crippen MR) is 123 cm³/mol. The van der Waals surface area contributed by atoms with E-state index in [-0.39, 0.29) is 27.5 Å². The van der Waals surface area contributed by atoms with Crippen molar-refractivity contribution in [2.24, 2.45) is 5.73 Å². The lowest BCUT2D eigenvalue weighted by molar-refractivity contribution is -0.384. The van der Waals surface area contributed by atoms with Gasteiger partial charge in [0.1, 0.15) is 11.9 Å². The Balaban J connectivity index is 1.93. The molecule has 9 nitrogen and oxygen atoms in total. The standard InChI is InChI=1S/C24H18N4O5S/c25-15-20-21(16-11-13-18(14-12-16)28(30)31)22(23(29)17-7-3-1-4-8-17)27(24(20)26)34(32,33)19-9-5-2-6-10-19/h1-14,21-22H,26H2/t21-,22+/m1/s1. The van der Waals surface area contributed by atoms with E-state index in [1.165, 1.54) is 48.5 Å². The molecule has 0 saturated carbocycles. The average molecular weight is 474 g/mol. The summed E-state index contributed by atoms with van der Waals surface area (Å²) in [5, 5.41) is 21.0. The summed E-state index contributed by atoms with van der Waals surface area (Å²) < 4.78 is 28.1. The van der Waals surface area contributed by atoms with Crippen LogP contribution in [0.3, 0.4) is 0 Å². The molecule has 0 bridgehead atoms. The topological polar surface area (TPSA) is 147 Å². The molecule has 170 valence electrons. The van der Waals surface area contributed by atoms with Crippen molar-refractivity contribution in [3.63, 3.8) is 0 Å². The van der Waals surface area contributed by atoms with Gasteiger partial charge in [0.25, 0.3) is 15.7 Å². The van der Waals surface area contributed by atoms with Gasteiger partial charge in [-0.05, 0) is 17.7 Å². The van der Waals surface area contributed by atoms with Gasteiger partial charge < -0.3 is 5.73 Å². The maximum absolute atomic E-state index is 13.7. The van der Waals surface area contributed by atoms with Crippen LogP contribution in [0.4, 0.5) is 5.69 Å². The summed E-state index contributed by atoms with van der Waals surface area (Å²) in [5.74, 6) is -1.97. The Hall–Kier alpha value is -4.49. The number of ketones is 1. The van der Waals surface area contributed by atoms with Gasteiger partial charge in [-0.2, -0.15) is 5.26 Å². The fourth-order valence-electron chi connectivity index (χ4n) is 4.02. The maximum Gasteiger partial charge on any atom is 0.269 e. The van der Waals surface area contributed by atoms with Crippen LogP contribution >= 0.6 is 0 Å². The van der Waals surface area contributed by atoms with Crippen LogP contribution < -0.4 is 5.73 Å². The Bertz CT molecular complexity index is 1430. The number of nitro benzene ring substituents is 1. The Morgan fingerprint density at radius 2 is 1.53 bits per heavy atom. The van der Waals surface area contributed by atoms with E-state index in [9.17, 15) is 28.6 Å². The molecule has 0 spiro atoms. The summed E-state index contributed by atoms with van der Waals surface area (Å²) in [7, 11) is -4.33. The molecule has 10 heteroatoms. The van der Waals surface area contributed by atoms with Crippen LogP contribution in [0.25, 0.3) is 0 Å². The number of carbonyl (C=O) groups is 1. The molecule has 0 fully saturated rings. The number of nitrogens with two attached hydrogens (primary N) is 1. The molecule has 0 aliphatic carbocycles. The van der Waals surface area contributed by atoms with E-state index in [0.717, 1.165) is 4.31 Å². The molecule has 34 heavy (non-hydrogen) atoms. The number of nitriles is 1. The molecule has 0 saturated heterocycles. The molecule has 1 heterocycles. The largest absolute Gasteiger partial charge is 0.384 e. The Morgan fingerprint density at radius 3 is 2.06 bits per heavy atom. The zero-order valence-electron chi connectivity index (χ0n) is 17.6. The van der Waals surface area contributed by atoms with Gasteiger partial charge >= 0.3 is 0 Å². The molecule has 3 aromatic rings. The quantitative estimate of drug-likeness (QED) is 0.327. The Morgan fingerprint density at radius 1 is 0.971 bits per heavy atom. The minimum absolute atomic E-state index is 0.0922. The van der Waals surface area contributed by atoms with E-state index in [1.54, 1.807) is 36.4 Å². The highest BCUT2D eigenvalue weighted by atomic mass is 32.2. The first-order valence-electron chi connectivity index (χ1n) is 10.1. The lowest BCUT2D eigenvalue weighted by atomic mass is 9.84. The maximum atomic E-state index is 13.7. The summed E-state index contributed by atoms with van der Waals surface area (Å²) >= 11 is 0. The van der Waals surface area contributed by atoms with Crippen LogP contribution in [0.5, 0.6) is 0 Å². The van der Waals surface area contributed by atoms with Crippen molar-refractivity contribution in [1.29, 1.82) is 5.26 Å². The average Bonchev–Trinajstić information content (AvgIpc) is 3.17.